The van der Waals surface area contributed by atoms with Crippen LogP contribution in [0.2, 0.25) is 0 Å². The van der Waals surface area contributed by atoms with Crippen LogP contribution in [-0.4, -0.2) is 63.5 Å². The predicted molar refractivity (Wildman–Crippen MR) is 213 cm³/mol. The summed E-state index contributed by atoms with van der Waals surface area (Å²) in [7, 11) is 0. The fraction of sp³-hybridized carbons (Fsp3) is 0.900. The van der Waals surface area contributed by atoms with Crippen LogP contribution in [0, 0.1) is 0 Å². The fourth-order valence-corrected chi connectivity index (χ4v) is 7.05. The molecular formula is C40H76N4O2S2. The van der Waals surface area contributed by atoms with Crippen molar-refractivity contribution in [2.45, 2.75) is 200 Å². The highest BCUT2D eigenvalue weighted by Gasteiger charge is 2.19. The molecule has 48 heavy (non-hydrogen) atoms. The van der Waals surface area contributed by atoms with Crippen molar-refractivity contribution in [1.82, 2.24) is 19.9 Å². The fourth-order valence-electron chi connectivity index (χ4n) is 6.02. The van der Waals surface area contributed by atoms with E-state index in [4.69, 9.17) is 36.6 Å². The van der Waals surface area contributed by atoms with Gasteiger partial charge >= 0.3 is 6.01 Å². The normalized spacial score (nSPS) is 12.1. The molecule has 0 aliphatic rings. The van der Waals surface area contributed by atoms with E-state index in [0.717, 1.165) is 87.7 Å². The first kappa shape index (κ1) is 45.0. The molecule has 1 atom stereocenters. The van der Waals surface area contributed by atoms with Gasteiger partial charge in [0.2, 0.25) is 0 Å². The van der Waals surface area contributed by atoms with E-state index in [2.05, 4.69) is 39.5 Å². The molecule has 0 radical (unpaired) electrons. The van der Waals surface area contributed by atoms with Crippen molar-refractivity contribution in [2.24, 2.45) is 0 Å². The lowest BCUT2D eigenvalue weighted by molar-refractivity contribution is 0.235. The van der Waals surface area contributed by atoms with Gasteiger partial charge in [0, 0.05) is 24.6 Å². The first-order valence-corrected chi connectivity index (χ1v) is 21.9. The molecule has 0 saturated heterocycles. The molecule has 6 nitrogen and oxygen atoms in total. The number of thioether (sulfide) groups is 1. The summed E-state index contributed by atoms with van der Waals surface area (Å²) >= 11 is 7.32. The van der Waals surface area contributed by atoms with Gasteiger partial charge in [-0.25, -0.2) is 4.98 Å². The first-order chi connectivity index (χ1) is 23.6. The first-order valence-electron chi connectivity index (χ1n) is 20.5. The third-order valence-corrected chi connectivity index (χ3v) is 10.6. The molecule has 280 valence electrons. The van der Waals surface area contributed by atoms with Crippen LogP contribution in [0.15, 0.2) is 5.16 Å². The van der Waals surface area contributed by atoms with Crippen molar-refractivity contribution in [3.63, 3.8) is 0 Å². The van der Waals surface area contributed by atoms with Crippen LogP contribution in [0.5, 0.6) is 6.01 Å². The molecule has 0 aliphatic carbocycles. The Morgan fingerprint density at radius 2 is 1.19 bits per heavy atom. The monoisotopic (exact) mass is 709 g/mol. The molecule has 0 spiro atoms. The van der Waals surface area contributed by atoms with E-state index in [0.29, 0.717) is 24.3 Å². The van der Waals surface area contributed by atoms with Crippen molar-refractivity contribution in [3.05, 3.63) is 5.82 Å². The number of aromatic nitrogens is 3. The van der Waals surface area contributed by atoms with Crippen LogP contribution < -0.4 is 4.74 Å². The highest BCUT2D eigenvalue weighted by molar-refractivity contribution is 7.99. The Morgan fingerprint density at radius 1 is 0.625 bits per heavy atom. The number of rotatable bonds is 35. The number of hydrogen-bond acceptors (Lipinski definition) is 8. The molecule has 0 aliphatic heterocycles. The topological polar surface area (TPSA) is 60.4 Å². The number of thiocarbonyl (C=S) groups is 1. The van der Waals surface area contributed by atoms with Crippen molar-refractivity contribution in [1.29, 1.82) is 0 Å². The molecular weight excluding hydrogens is 633 g/mol. The van der Waals surface area contributed by atoms with Crippen molar-refractivity contribution in [3.8, 4) is 6.01 Å². The summed E-state index contributed by atoms with van der Waals surface area (Å²) in [6.07, 6.45) is 30.4. The summed E-state index contributed by atoms with van der Waals surface area (Å²) in [6.45, 7) is 15.6. The van der Waals surface area contributed by atoms with E-state index < -0.39 is 0 Å². The molecule has 1 aromatic rings. The van der Waals surface area contributed by atoms with E-state index in [9.17, 15) is 0 Å². The van der Waals surface area contributed by atoms with Gasteiger partial charge in [-0.05, 0) is 57.4 Å². The van der Waals surface area contributed by atoms with Gasteiger partial charge in [0.15, 0.2) is 10.2 Å². The summed E-state index contributed by atoms with van der Waals surface area (Å²) in [5.74, 6) is 2.13. The largest absolute Gasteiger partial charge is 0.487 e. The molecule has 1 aromatic heterocycles. The molecule has 8 heteroatoms. The van der Waals surface area contributed by atoms with Gasteiger partial charge in [-0.1, -0.05) is 162 Å². The Balaban J connectivity index is 2.54. The molecule has 0 amide bonds. The summed E-state index contributed by atoms with van der Waals surface area (Å²) in [5, 5.41) is 1.52. The van der Waals surface area contributed by atoms with Gasteiger partial charge in [-0.3, -0.25) is 0 Å². The SMILES string of the molecule is CCCCCCCCCCCCCCCCCCSc1nc(OCCCN(CC)CC)nc(C(CCCC)CCC(=S)OCCCC)n1. The minimum atomic E-state index is 0.230. The van der Waals surface area contributed by atoms with Crippen LogP contribution in [0.4, 0.5) is 0 Å². The number of ether oxygens (including phenoxy) is 2. The maximum absolute atomic E-state index is 6.16. The lowest BCUT2D eigenvalue weighted by Crippen LogP contribution is -2.25. The second kappa shape index (κ2) is 33.2. The van der Waals surface area contributed by atoms with Gasteiger partial charge < -0.3 is 14.4 Å². The lowest BCUT2D eigenvalue weighted by atomic mass is 9.96. The van der Waals surface area contributed by atoms with E-state index in [-0.39, 0.29) is 5.92 Å². The Morgan fingerprint density at radius 3 is 1.75 bits per heavy atom. The minimum absolute atomic E-state index is 0.230. The highest BCUT2D eigenvalue weighted by atomic mass is 32.2. The quantitative estimate of drug-likeness (QED) is 0.0392. The Bertz CT molecular complexity index is 872. The van der Waals surface area contributed by atoms with Crippen molar-refractivity contribution < 1.29 is 9.47 Å². The third kappa shape index (κ3) is 25.0. The van der Waals surface area contributed by atoms with E-state index in [1.165, 1.54) is 103 Å². The van der Waals surface area contributed by atoms with Crippen LogP contribution in [0.3, 0.4) is 0 Å². The molecule has 0 aromatic carbocycles. The smallest absolute Gasteiger partial charge is 0.320 e. The second-order valence-electron chi connectivity index (χ2n) is 13.6. The molecule has 0 saturated carbocycles. The Labute approximate surface area is 307 Å². The highest BCUT2D eigenvalue weighted by Crippen LogP contribution is 2.28. The van der Waals surface area contributed by atoms with E-state index in [1.54, 1.807) is 11.8 Å². The number of unbranched alkanes of at least 4 members (excludes halogenated alkanes) is 17. The van der Waals surface area contributed by atoms with Crippen LogP contribution in [0.25, 0.3) is 0 Å². The van der Waals surface area contributed by atoms with Crippen LogP contribution in [0.1, 0.15) is 200 Å². The van der Waals surface area contributed by atoms with Gasteiger partial charge in [0.25, 0.3) is 0 Å². The standard InChI is InChI=1S/C40H76N4O2S2/c1-6-11-14-15-16-17-18-19-20-21-22-23-24-25-26-27-35-48-40-42-38(41-39(43-40)46-34-28-32-44(9-4)10-5)36(29-12-7-2)30-31-37(47)45-33-13-8-3/h36H,6-35H2,1-5H3. The summed E-state index contributed by atoms with van der Waals surface area (Å²) in [6, 6.07) is 0.484. The lowest BCUT2D eigenvalue weighted by Gasteiger charge is -2.18. The van der Waals surface area contributed by atoms with Crippen molar-refractivity contribution in [2.75, 3.05) is 38.6 Å². The van der Waals surface area contributed by atoms with Crippen LogP contribution >= 0.6 is 24.0 Å². The number of hydrogen-bond donors (Lipinski definition) is 0. The van der Waals surface area contributed by atoms with Crippen molar-refractivity contribution >= 4 is 29.0 Å². The maximum atomic E-state index is 6.16. The average molecular weight is 709 g/mol. The molecule has 0 fully saturated rings. The summed E-state index contributed by atoms with van der Waals surface area (Å²) in [4.78, 5) is 17.1. The molecule has 0 bridgehead atoms. The summed E-state index contributed by atoms with van der Waals surface area (Å²) < 4.78 is 12.0. The van der Waals surface area contributed by atoms with Gasteiger partial charge in [-0.15, -0.1) is 0 Å². The molecule has 1 unspecified atom stereocenters. The zero-order valence-corrected chi connectivity index (χ0v) is 33.8. The zero-order valence-electron chi connectivity index (χ0n) is 32.2. The maximum Gasteiger partial charge on any atom is 0.320 e. The third-order valence-electron chi connectivity index (χ3n) is 9.31. The second-order valence-corrected chi connectivity index (χ2v) is 15.1. The van der Waals surface area contributed by atoms with Gasteiger partial charge in [0.1, 0.15) is 5.82 Å². The van der Waals surface area contributed by atoms with E-state index in [1.807, 2.05) is 0 Å². The average Bonchev–Trinajstić information content (AvgIpc) is 3.09. The molecule has 1 heterocycles. The predicted octanol–water partition coefficient (Wildman–Crippen LogP) is 12.5. The van der Waals surface area contributed by atoms with Gasteiger partial charge in [0.05, 0.1) is 13.2 Å². The zero-order chi connectivity index (χ0) is 34.9. The molecule has 0 N–H and O–H groups in total. The van der Waals surface area contributed by atoms with E-state index >= 15 is 0 Å². The Hall–Kier alpha value is -0.990. The van der Waals surface area contributed by atoms with Gasteiger partial charge in [-0.2, -0.15) is 9.97 Å². The van der Waals surface area contributed by atoms with Crippen LogP contribution in [-0.2, 0) is 4.74 Å². The summed E-state index contributed by atoms with van der Waals surface area (Å²) in [5.41, 5.74) is 0. The Kier molecular flexibility index (Phi) is 31.1. The minimum Gasteiger partial charge on any atom is -0.487 e. The number of nitrogens with zero attached hydrogens (tertiary/aromatic N) is 4. The molecule has 1 rings (SSSR count).